The van der Waals surface area contributed by atoms with Gasteiger partial charge in [-0.2, -0.15) is 0 Å². The largest absolute Gasteiger partial charge is 0.496 e. The number of hydrogen-bond acceptors (Lipinski definition) is 4. The van der Waals surface area contributed by atoms with Gasteiger partial charge in [-0.25, -0.2) is 0 Å². The zero-order valence-corrected chi connectivity index (χ0v) is 13.4. The van der Waals surface area contributed by atoms with Crippen LogP contribution < -0.4 is 10.1 Å². The van der Waals surface area contributed by atoms with Crippen molar-refractivity contribution in [3.63, 3.8) is 0 Å². The van der Waals surface area contributed by atoms with E-state index in [0.29, 0.717) is 29.5 Å². The number of benzene rings is 1. The van der Waals surface area contributed by atoms with E-state index in [0.717, 1.165) is 13.1 Å². The fourth-order valence-electron chi connectivity index (χ4n) is 3.22. The lowest BCUT2D eigenvalue weighted by Gasteiger charge is -2.28. The minimum absolute atomic E-state index is 0.00860. The summed E-state index contributed by atoms with van der Waals surface area (Å²) in [6, 6.07) is 5.32. The highest BCUT2D eigenvalue weighted by molar-refractivity contribution is 6.31. The summed E-state index contributed by atoms with van der Waals surface area (Å²) < 4.78 is 10.8. The number of nitrogens with one attached hydrogen (secondary N) is 1. The Morgan fingerprint density at radius 3 is 2.86 bits per heavy atom. The lowest BCUT2D eigenvalue weighted by atomic mass is 10.1. The van der Waals surface area contributed by atoms with Crippen LogP contribution in [0.3, 0.4) is 0 Å². The fraction of sp³-hybridized carbons (Fsp3) is 0.562. The molecule has 0 spiro atoms. The number of carbonyl (C=O) groups excluding carboxylic acids is 1. The predicted molar refractivity (Wildman–Crippen MR) is 84.7 cm³/mol. The number of nitrogens with zero attached hydrogens (tertiary/aromatic N) is 1. The van der Waals surface area contributed by atoms with E-state index in [1.54, 1.807) is 25.3 Å². The summed E-state index contributed by atoms with van der Waals surface area (Å²) in [5.41, 5.74) is 0.460. The van der Waals surface area contributed by atoms with Gasteiger partial charge in [0.05, 0.1) is 38.0 Å². The Labute approximate surface area is 135 Å². The molecule has 2 fully saturated rings. The molecule has 1 aromatic rings. The molecular weight excluding hydrogens is 304 g/mol. The molecule has 6 heteroatoms. The van der Waals surface area contributed by atoms with Crippen molar-refractivity contribution in [3.05, 3.63) is 28.8 Å². The summed E-state index contributed by atoms with van der Waals surface area (Å²) in [5, 5.41) is 3.60. The van der Waals surface area contributed by atoms with Crippen LogP contribution in [0.15, 0.2) is 18.2 Å². The van der Waals surface area contributed by atoms with E-state index in [9.17, 15) is 4.79 Å². The van der Waals surface area contributed by atoms with Gasteiger partial charge in [0.25, 0.3) is 5.91 Å². The first-order valence-electron chi connectivity index (χ1n) is 7.65. The molecule has 5 nitrogen and oxygen atoms in total. The van der Waals surface area contributed by atoms with Crippen LogP contribution >= 0.6 is 11.6 Å². The van der Waals surface area contributed by atoms with Gasteiger partial charge in [-0.15, -0.1) is 0 Å². The lowest BCUT2D eigenvalue weighted by Crippen LogP contribution is -2.50. The van der Waals surface area contributed by atoms with E-state index in [4.69, 9.17) is 21.1 Å². The molecular formula is C16H21ClN2O3. The van der Waals surface area contributed by atoms with E-state index in [2.05, 4.69) is 10.2 Å². The average molecular weight is 325 g/mol. The van der Waals surface area contributed by atoms with Gasteiger partial charge in [0.1, 0.15) is 5.75 Å². The van der Waals surface area contributed by atoms with Crippen molar-refractivity contribution in [1.29, 1.82) is 0 Å². The Bertz CT molecular complexity index is 546. The number of likely N-dealkylation sites (tertiary alicyclic amines) is 1. The molecule has 3 rings (SSSR count). The van der Waals surface area contributed by atoms with Crippen molar-refractivity contribution >= 4 is 17.5 Å². The van der Waals surface area contributed by atoms with Gasteiger partial charge >= 0.3 is 0 Å². The molecule has 0 aliphatic carbocycles. The third-order valence-electron chi connectivity index (χ3n) is 4.38. The van der Waals surface area contributed by atoms with Gasteiger partial charge in [0.2, 0.25) is 0 Å². The Kier molecular flexibility index (Phi) is 4.86. The van der Waals surface area contributed by atoms with Crippen LogP contribution in [0.25, 0.3) is 0 Å². The van der Waals surface area contributed by atoms with Crippen LogP contribution in [0.2, 0.25) is 5.02 Å². The summed E-state index contributed by atoms with van der Waals surface area (Å²) >= 11 is 6.00. The first-order valence-corrected chi connectivity index (χ1v) is 8.03. The number of methoxy groups -OCH3 is 1. The molecule has 2 aliphatic heterocycles. The second-order valence-corrected chi connectivity index (χ2v) is 6.21. The number of amides is 1. The Morgan fingerprint density at radius 1 is 1.36 bits per heavy atom. The smallest absolute Gasteiger partial charge is 0.255 e. The van der Waals surface area contributed by atoms with Crippen LogP contribution in [0.4, 0.5) is 0 Å². The lowest BCUT2D eigenvalue weighted by molar-refractivity contribution is 0.0913. The van der Waals surface area contributed by atoms with Gasteiger partial charge in [-0.3, -0.25) is 9.69 Å². The molecule has 1 aromatic carbocycles. The molecule has 0 radical (unpaired) electrons. The van der Waals surface area contributed by atoms with E-state index >= 15 is 0 Å². The van der Waals surface area contributed by atoms with Crippen LogP contribution in [0.1, 0.15) is 23.2 Å². The number of carbonyl (C=O) groups is 1. The molecule has 22 heavy (non-hydrogen) atoms. The van der Waals surface area contributed by atoms with Crippen molar-refractivity contribution < 1.29 is 14.3 Å². The van der Waals surface area contributed by atoms with Gasteiger partial charge in [-0.1, -0.05) is 11.6 Å². The molecule has 2 aliphatic rings. The normalized spacial score (nSPS) is 25.4. The highest BCUT2D eigenvalue weighted by Crippen LogP contribution is 2.24. The first-order chi connectivity index (χ1) is 10.7. The minimum atomic E-state index is -0.168. The molecule has 1 N–H and O–H groups in total. The standard InChI is InChI=1S/C16H21ClN2O3/c1-21-15-5-4-11(17)8-12(15)16(20)18-13-9-22-10-14(13)19-6-2-3-7-19/h4-5,8,13-14H,2-3,6-7,9-10H2,1H3,(H,18,20)/t13-,14-/m1/s1. The maximum Gasteiger partial charge on any atom is 0.255 e. The number of hydrogen-bond donors (Lipinski definition) is 1. The third kappa shape index (κ3) is 3.21. The second-order valence-electron chi connectivity index (χ2n) is 5.77. The molecule has 2 atom stereocenters. The first kappa shape index (κ1) is 15.6. The summed E-state index contributed by atoms with van der Waals surface area (Å²) in [7, 11) is 1.55. The summed E-state index contributed by atoms with van der Waals surface area (Å²) in [5.74, 6) is 0.359. The van der Waals surface area contributed by atoms with Crippen LogP contribution in [-0.4, -0.2) is 56.3 Å². The average Bonchev–Trinajstić information content (AvgIpc) is 3.17. The zero-order valence-electron chi connectivity index (χ0n) is 12.7. The molecule has 120 valence electrons. The molecule has 1 amide bonds. The number of ether oxygens (including phenoxy) is 2. The highest BCUT2D eigenvalue weighted by atomic mass is 35.5. The van der Waals surface area contributed by atoms with Crippen LogP contribution in [0, 0.1) is 0 Å². The van der Waals surface area contributed by atoms with Crippen LogP contribution in [-0.2, 0) is 4.74 Å². The van der Waals surface area contributed by atoms with Gasteiger partial charge in [-0.05, 0) is 44.1 Å². The van der Waals surface area contributed by atoms with Crippen molar-refractivity contribution in [3.8, 4) is 5.75 Å². The molecule has 0 saturated carbocycles. The topological polar surface area (TPSA) is 50.8 Å². The van der Waals surface area contributed by atoms with E-state index in [1.165, 1.54) is 12.8 Å². The SMILES string of the molecule is COc1ccc(Cl)cc1C(=O)N[C@@H]1COC[C@H]1N1CCCC1. The van der Waals surface area contributed by atoms with Crippen molar-refractivity contribution in [2.45, 2.75) is 24.9 Å². The maximum atomic E-state index is 12.6. The van der Waals surface area contributed by atoms with Crippen molar-refractivity contribution in [2.75, 3.05) is 33.4 Å². The van der Waals surface area contributed by atoms with E-state index < -0.39 is 0 Å². The molecule has 2 heterocycles. The van der Waals surface area contributed by atoms with Crippen LogP contribution in [0.5, 0.6) is 5.75 Å². The predicted octanol–water partition coefficient (Wildman–Crippen LogP) is 1.94. The quantitative estimate of drug-likeness (QED) is 0.919. The third-order valence-corrected chi connectivity index (χ3v) is 4.62. The second kappa shape index (κ2) is 6.86. The summed E-state index contributed by atoms with van der Waals surface area (Å²) in [6.45, 7) is 3.40. The Balaban J connectivity index is 1.72. The zero-order chi connectivity index (χ0) is 15.5. The van der Waals surface area contributed by atoms with Gasteiger partial charge in [0, 0.05) is 5.02 Å². The number of halogens is 1. The highest BCUT2D eigenvalue weighted by Gasteiger charge is 2.35. The fourth-order valence-corrected chi connectivity index (χ4v) is 3.39. The Morgan fingerprint density at radius 2 is 2.14 bits per heavy atom. The summed E-state index contributed by atoms with van der Waals surface area (Å²) in [4.78, 5) is 15.0. The summed E-state index contributed by atoms with van der Waals surface area (Å²) in [6.07, 6.45) is 2.44. The monoisotopic (exact) mass is 324 g/mol. The van der Waals surface area contributed by atoms with Gasteiger partial charge in [0.15, 0.2) is 0 Å². The van der Waals surface area contributed by atoms with Crippen molar-refractivity contribution in [2.24, 2.45) is 0 Å². The molecule has 0 unspecified atom stereocenters. The molecule has 0 aromatic heterocycles. The van der Waals surface area contributed by atoms with Gasteiger partial charge < -0.3 is 14.8 Å². The molecule has 0 bridgehead atoms. The van der Waals surface area contributed by atoms with Crippen molar-refractivity contribution in [1.82, 2.24) is 10.2 Å². The number of rotatable bonds is 4. The minimum Gasteiger partial charge on any atom is -0.496 e. The maximum absolute atomic E-state index is 12.6. The Hall–Kier alpha value is -1.30. The molecule has 2 saturated heterocycles. The van der Waals surface area contributed by atoms with E-state index in [-0.39, 0.29) is 18.0 Å². The van der Waals surface area contributed by atoms with E-state index in [1.807, 2.05) is 0 Å².